The van der Waals surface area contributed by atoms with Gasteiger partial charge in [0, 0.05) is 23.3 Å². The molecule has 0 aliphatic rings. The lowest BCUT2D eigenvalue weighted by atomic mass is 10.2. The van der Waals surface area contributed by atoms with Crippen LogP contribution >= 0.6 is 11.3 Å². The number of fused-ring (bicyclic) bond motifs is 1. The number of benzene rings is 2. The van der Waals surface area contributed by atoms with Gasteiger partial charge in [0.15, 0.2) is 5.82 Å². The fourth-order valence-corrected chi connectivity index (χ4v) is 3.35. The minimum absolute atomic E-state index is 0.0865. The third-order valence-electron chi connectivity index (χ3n) is 3.69. The summed E-state index contributed by atoms with van der Waals surface area (Å²) in [6, 6.07) is 12.0. The molecule has 0 atom stereocenters. The molecule has 7 nitrogen and oxygen atoms in total. The topological polar surface area (TPSA) is 90.4 Å². The van der Waals surface area contributed by atoms with Gasteiger partial charge in [0.05, 0.1) is 9.46 Å². The maximum Gasteiger partial charge on any atom is 0.291 e. The van der Waals surface area contributed by atoms with Crippen LogP contribution in [-0.2, 0) is 0 Å². The molecule has 9 heteroatoms. The predicted octanol–water partition coefficient (Wildman–Crippen LogP) is 2.41. The van der Waals surface area contributed by atoms with E-state index in [0.29, 0.717) is 20.6 Å². The Labute approximate surface area is 148 Å². The molecule has 0 saturated carbocycles. The number of non-ortho nitro benzene ring substituents is 1. The summed E-state index contributed by atoms with van der Waals surface area (Å²) in [4.78, 5) is 27.4. The first-order chi connectivity index (χ1) is 12.5. The Hall–Kier alpha value is -3.46. The van der Waals surface area contributed by atoms with Gasteiger partial charge < -0.3 is 0 Å². The number of nitrogens with zero attached hydrogens (tertiary/aromatic N) is 4. The predicted molar refractivity (Wildman–Crippen MR) is 94.4 cm³/mol. The number of nitro groups is 1. The summed E-state index contributed by atoms with van der Waals surface area (Å²) >= 11 is 1.07. The van der Waals surface area contributed by atoms with E-state index in [2.05, 4.69) is 10.1 Å². The van der Waals surface area contributed by atoms with Gasteiger partial charge >= 0.3 is 0 Å². The second kappa shape index (κ2) is 6.12. The van der Waals surface area contributed by atoms with E-state index in [-0.39, 0.29) is 11.5 Å². The van der Waals surface area contributed by atoms with Crippen LogP contribution in [0.25, 0.3) is 22.4 Å². The standard InChI is InChI=1S/C17H9FN4O3S/c18-13-7-2-1-4-10(13)9-14-16(23)21-17(26-14)19-15(20-21)11-5-3-6-12(8-11)22(24)25/h1-9H/b14-9+. The van der Waals surface area contributed by atoms with Crippen LogP contribution in [0.15, 0.2) is 53.3 Å². The summed E-state index contributed by atoms with van der Waals surface area (Å²) in [5.41, 5.74) is 0.233. The van der Waals surface area contributed by atoms with Crippen molar-refractivity contribution in [1.82, 2.24) is 14.6 Å². The average molecular weight is 368 g/mol. The van der Waals surface area contributed by atoms with Crippen LogP contribution in [0.5, 0.6) is 0 Å². The summed E-state index contributed by atoms with van der Waals surface area (Å²) in [6.45, 7) is 0. The zero-order valence-electron chi connectivity index (χ0n) is 13.0. The van der Waals surface area contributed by atoms with E-state index in [1.165, 1.54) is 30.3 Å². The molecule has 0 unspecified atom stereocenters. The van der Waals surface area contributed by atoms with Gasteiger partial charge in [-0.3, -0.25) is 14.9 Å². The van der Waals surface area contributed by atoms with Gasteiger partial charge in [-0.25, -0.2) is 4.39 Å². The average Bonchev–Trinajstić information content (AvgIpc) is 3.17. The maximum absolute atomic E-state index is 13.8. The third kappa shape index (κ3) is 2.74. The molecule has 26 heavy (non-hydrogen) atoms. The van der Waals surface area contributed by atoms with Gasteiger partial charge in [-0.1, -0.05) is 41.7 Å². The number of rotatable bonds is 3. The third-order valence-corrected chi connectivity index (χ3v) is 4.65. The normalized spacial score (nSPS) is 12.0. The molecule has 2 aromatic heterocycles. The van der Waals surface area contributed by atoms with Crippen LogP contribution in [0, 0.1) is 15.9 Å². The molecule has 128 valence electrons. The Morgan fingerprint density at radius 3 is 2.73 bits per heavy atom. The van der Waals surface area contributed by atoms with Crippen LogP contribution in [0.3, 0.4) is 0 Å². The smallest absolute Gasteiger partial charge is 0.266 e. The fraction of sp³-hybridized carbons (Fsp3) is 0. The quantitative estimate of drug-likeness (QED) is 0.409. The molecular formula is C17H9FN4O3S. The van der Waals surface area contributed by atoms with Crippen LogP contribution in [-0.4, -0.2) is 19.5 Å². The second-order valence-corrected chi connectivity index (χ2v) is 6.38. The first-order valence-corrected chi connectivity index (χ1v) is 8.25. The molecule has 2 aromatic carbocycles. The Kier molecular flexibility index (Phi) is 3.77. The van der Waals surface area contributed by atoms with E-state index in [1.807, 2.05) is 0 Å². The van der Waals surface area contributed by atoms with Gasteiger partial charge in [-0.15, -0.1) is 5.10 Å². The van der Waals surface area contributed by atoms with Crippen molar-refractivity contribution in [3.63, 3.8) is 0 Å². The van der Waals surface area contributed by atoms with Crippen molar-refractivity contribution >= 4 is 28.1 Å². The number of aromatic nitrogens is 3. The van der Waals surface area contributed by atoms with Crippen LogP contribution in [0.2, 0.25) is 0 Å². The first kappa shape index (κ1) is 16.0. The molecule has 2 heterocycles. The Morgan fingerprint density at radius 1 is 1.19 bits per heavy atom. The largest absolute Gasteiger partial charge is 0.291 e. The molecule has 0 amide bonds. The highest BCUT2D eigenvalue weighted by Gasteiger charge is 2.14. The van der Waals surface area contributed by atoms with Crippen molar-refractivity contribution in [1.29, 1.82) is 0 Å². The van der Waals surface area contributed by atoms with Gasteiger partial charge in [0.25, 0.3) is 11.2 Å². The van der Waals surface area contributed by atoms with Crippen molar-refractivity contribution in [3.8, 4) is 11.4 Å². The molecule has 0 radical (unpaired) electrons. The highest BCUT2D eigenvalue weighted by molar-refractivity contribution is 7.15. The molecule has 0 spiro atoms. The maximum atomic E-state index is 13.8. The van der Waals surface area contributed by atoms with E-state index in [4.69, 9.17) is 0 Å². The van der Waals surface area contributed by atoms with E-state index < -0.39 is 16.3 Å². The fourth-order valence-electron chi connectivity index (χ4n) is 2.45. The Balaban J connectivity index is 1.82. The Morgan fingerprint density at radius 2 is 2.00 bits per heavy atom. The molecule has 4 rings (SSSR count). The van der Waals surface area contributed by atoms with Gasteiger partial charge in [-0.2, -0.15) is 9.50 Å². The highest BCUT2D eigenvalue weighted by Crippen LogP contribution is 2.21. The molecule has 0 aliphatic carbocycles. The summed E-state index contributed by atoms with van der Waals surface area (Å²) < 4.78 is 15.2. The van der Waals surface area contributed by atoms with Crippen molar-refractivity contribution < 1.29 is 9.31 Å². The molecule has 0 fully saturated rings. The van der Waals surface area contributed by atoms with Gasteiger partial charge in [0.1, 0.15) is 5.82 Å². The zero-order valence-corrected chi connectivity index (χ0v) is 13.8. The number of nitro benzene ring substituents is 1. The molecule has 0 bridgehead atoms. The lowest BCUT2D eigenvalue weighted by Gasteiger charge is -1.95. The van der Waals surface area contributed by atoms with Gasteiger partial charge in [-0.05, 0) is 12.1 Å². The number of hydrogen-bond acceptors (Lipinski definition) is 6. The van der Waals surface area contributed by atoms with Crippen molar-refractivity contribution in [3.05, 3.63) is 84.9 Å². The number of halogens is 1. The molecule has 0 N–H and O–H groups in total. The minimum atomic E-state index is -0.511. The van der Waals surface area contributed by atoms with E-state index in [1.54, 1.807) is 24.3 Å². The van der Waals surface area contributed by atoms with E-state index in [9.17, 15) is 19.3 Å². The second-order valence-electron chi connectivity index (χ2n) is 5.37. The zero-order chi connectivity index (χ0) is 18.3. The molecule has 0 saturated heterocycles. The van der Waals surface area contributed by atoms with E-state index >= 15 is 0 Å². The molecule has 4 aromatic rings. The number of thiazole rings is 1. The van der Waals surface area contributed by atoms with Crippen molar-refractivity contribution in [2.24, 2.45) is 0 Å². The van der Waals surface area contributed by atoms with E-state index in [0.717, 1.165) is 15.9 Å². The monoisotopic (exact) mass is 368 g/mol. The van der Waals surface area contributed by atoms with Gasteiger partial charge in [0.2, 0.25) is 4.96 Å². The number of hydrogen-bond donors (Lipinski definition) is 0. The highest BCUT2D eigenvalue weighted by atomic mass is 32.1. The first-order valence-electron chi connectivity index (χ1n) is 7.43. The Bertz CT molecular complexity index is 1260. The molecule has 0 aliphatic heterocycles. The summed E-state index contributed by atoms with van der Waals surface area (Å²) in [5, 5.41) is 15.0. The van der Waals surface area contributed by atoms with Crippen LogP contribution in [0.4, 0.5) is 10.1 Å². The SMILES string of the molecule is O=c1/c(=C\c2ccccc2F)sc2nc(-c3cccc([N+](=O)[O-])c3)nn12. The minimum Gasteiger partial charge on any atom is -0.266 e. The van der Waals surface area contributed by atoms with Crippen LogP contribution in [0.1, 0.15) is 5.56 Å². The van der Waals surface area contributed by atoms with Crippen molar-refractivity contribution in [2.75, 3.05) is 0 Å². The summed E-state index contributed by atoms with van der Waals surface area (Å²) in [7, 11) is 0. The van der Waals surface area contributed by atoms with Crippen molar-refractivity contribution in [2.45, 2.75) is 0 Å². The lowest BCUT2D eigenvalue weighted by molar-refractivity contribution is -0.384. The lowest BCUT2D eigenvalue weighted by Crippen LogP contribution is -2.23. The summed E-state index contributed by atoms with van der Waals surface area (Å²) in [5.74, 6) is -0.210. The van der Waals surface area contributed by atoms with Crippen LogP contribution < -0.4 is 10.1 Å². The molecular weight excluding hydrogens is 359 g/mol. The summed E-state index contributed by atoms with van der Waals surface area (Å²) in [6.07, 6.45) is 1.45.